The third-order valence-electron chi connectivity index (χ3n) is 5.75. The second-order valence-corrected chi connectivity index (χ2v) is 9.44. The molecule has 240 valence electrons. The molecule has 44 heavy (non-hydrogen) atoms. The molecule has 0 aliphatic heterocycles. The summed E-state index contributed by atoms with van der Waals surface area (Å²) in [4.78, 5) is 23.0. The first-order chi connectivity index (χ1) is 20.9. The van der Waals surface area contributed by atoms with Gasteiger partial charge in [-0.3, -0.25) is 4.79 Å². The monoisotopic (exact) mass is 635 g/mol. The summed E-state index contributed by atoms with van der Waals surface area (Å²) in [7, 11) is 0. The zero-order chi connectivity index (χ0) is 33.9. The van der Waals surface area contributed by atoms with Gasteiger partial charge in [-0.05, 0) is 64.3 Å². The van der Waals surface area contributed by atoms with Crippen LogP contribution in [0.2, 0.25) is 0 Å². The number of nitrogens with zero attached hydrogens (tertiary/aromatic N) is 1. The summed E-state index contributed by atoms with van der Waals surface area (Å²) >= 11 is 5.59. The van der Waals surface area contributed by atoms with Crippen molar-refractivity contribution < 1.29 is 37.3 Å². The number of carbonyl (C=O) groups excluding carboxylic acids is 1. The molecule has 0 radical (unpaired) electrons. The van der Waals surface area contributed by atoms with Crippen LogP contribution in [0.25, 0.3) is 16.6 Å². The van der Waals surface area contributed by atoms with Crippen LogP contribution in [0.4, 0.5) is 13.2 Å². The molecule has 0 fully saturated rings. The molecule has 0 aliphatic carbocycles. The zero-order valence-corrected chi connectivity index (χ0v) is 26.7. The van der Waals surface area contributed by atoms with Crippen molar-refractivity contribution in [2.24, 2.45) is 0 Å². The van der Waals surface area contributed by atoms with Crippen molar-refractivity contribution in [3.05, 3.63) is 77.0 Å². The fourth-order valence-electron chi connectivity index (χ4n) is 4.00. The van der Waals surface area contributed by atoms with Gasteiger partial charge in [-0.25, -0.2) is 4.79 Å². The Morgan fingerprint density at radius 3 is 2.30 bits per heavy atom. The maximum atomic E-state index is 12.7. The van der Waals surface area contributed by atoms with E-state index in [2.05, 4.69) is 29.7 Å². The van der Waals surface area contributed by atoms with Crippen LogP contribution in [0.3, 0.4) is 0 Å². The van der Waals surface area contributed by atoms with Crippen LogP contribution in [0.5, 0.6) is 11.5 Å². The Morgan fingerprint density at radius 1 is 1.11 bits per heavy atom. The standard InChI is InChI=1S/C22H20F3NO5.C8H13Cl.C2H6.C2H2/c1-3-5-20(21(28)29)30-15-7-4-6-14(10-15)26-13(2)18(12-27)17-9-8-16(11-19(17)26)31-22(23,24)25;1-3-4-5-6-7-8(2)9;2*1-2/h4,6-12,20H,3,5H2,1-2H3,(H,28,29);3-4,7H,5-6H2,1-2H3;1-2H3;1-2H/b;4-3-,8-7+;;. The number of terminal acetylenes is 1. The fourth-order valence-corrected chi connectivity index (χ4v) is 4.11. The lowest BCUT2D eigenvalue weighted by atomic mass is 10.1. The molecule has 0 spiro atoms. The third-order valence-corrected chi connectivity index (χ3v) is 5.91. The number of carboxylic acids is 1. The predicted molar refractivity (Wildman–Crippen MR) is 172 cm³/mol. The summed E-state index contributed by atoms with van der Waals surface area (Å²) in [6.07, 6.45) is 12.1. The molecule has 2 aromatic carbocycles. The first kappa shape index (κ1) is 39.8. The maximum Gasteiger partial charge on any atom is 0.573 e. The molecule has 1 N–H and O–H groups in total. The van der Waals surface area contributed by atoms with E-state index in [0.29, 0.717) is 47.0 Å². The average Bonchev–Trinajstić information content (AvgIpc) is 3.26. The van der Waals surface area contributed by atoms with E-state index in [-0.39, 0.29) is 5.75 Å². The largest absolute Gasteiger partial charge is 0.573 e. The highest BCUT2D eigenvalue weighted by molar-refractivity contribution is 6.29. The molecular weight excluding hydrogens is 595 g/mol. The number of aldehydes is 1. The van der Waals surface area contributed by atoms with Gasteiger partial charge in [0.05, 0.1) is 5.52 Å². The third kappa shape index (κ3) is 13.0. The molecule has 6 nitrogen and oxygen atoms in total. The lowest BCUT2D eigenvalue weighted by Gasteiger charge is -2.16. The highest BCUT2D eigenvalue weighted by Gasteiger charge is 2.31. The fraction of sp³-hybridized carbons (Fsp3) is 0.353. The number of aliphatic carboxylic acids is 1. The first-order valence-corrected chi connectivity index (χ1v) is 14.4. The number of fused-ring (bicyclic) bond motifs is 1. The number of benzene rings is 2. The molecule has 3 rings (SSSR count). The minimum absolute atomic E-state index is 0.287. The van der Waals surface area contributed by atoms with Gasteiger partial charge in [-0.1, -0.05) is 63.1 Å². The number of unbranched alkanes of at least 4 members (excludes halogenated alkanes) is 1. The number of allylic oxidation sites excluding steroid dienone is 4. The number of ether oxygens (including phenoxy) is 2. The summed E-state index contributed by atoms with van der Waals surface area (Å²) in [5.41, 5.74) is 1.67. The number of hydrogen-bond acceptors (Lipinski definition) is 4. The van der Waals surface area contributed by atoms with Crippen LogP contribution in [0.1, 0.15) is 76.4 Å². The minimum atomic E-state index is -4.85. The average molecular weight is 636 g/mol. The van der Waals surface area contributed by atoms with Crippen LogP contribution in [-0.2, 0) is 4.79 Å². The lowest BCUT2D eigenvalue weighted by Crippen LogP contribution is -2.26. The summed E-state index contributed by atoms with van der Waals surface area (Å²) < 4.78 is 49.2. The van der Waals surface area contributed by atoms with Crippen molar-refractivity contribution in [3.8, 4) is 30.0 Å². The van der Waals surface area contributed by atoms with Crippen molar-refractivity contribution >= 4 is 34.8 Å². The SMILES string of the molecule is C#C.C/C=C\CC/C=C(\C)Cl.CC.CCCC(Oc1cccc(-n2c(C)c(C=O)c3ccc(OC(F)(F)F)cc32)c1)C(=O)O. The van der Waals surface area contributed by atoms with Gasteiger partial charge in [0.15, 0.2) is 12.4 Å². The van der Waals surface area contributed by atoms with Crippen molar-refractivity contribution in [1.82, 2.24) is 4.57 Å². The van der Waals surface area contributed by atoms with E-state index in [1.54, 1.807) is 35.8 Å². The molecule has 1 heterocycles. The first-order valence-electron chi connectivity index (χ1n) is 14.0. The molecule has 1 aromatic heterocycles. The number of aromatic nitrogens is 1. The molecule has 3 aromatic rings. The number of rotatable bonds is 11. The molecule has 0 saturated heterocycles. The van der Waals surface area contributed by atoms with Gasteiger partial charge >= 0.3 is 12.3 Å². The van der Waals surface area contributed by atoms with Gasteiger partial charge in [0.25, 0.3) is 0 Å². The molecular formula is C34H41ClF3NO5. The van der Waals surface area contributed by atoms with Gasteiger partial charge in [0.2, 0.25) is 0 Å². The maximum absolute atomic E-state index is 12.7. The highest BCUT2D eigenvalue weighted by atomic mass is 35.5. The molecule has 10 heteroatoms. The normalized spacial score (nSPS) is 11.7. The van der Waals surface area contributed by atoms with Gasteiger partial charge in [-0.2, -0.15) is 0 Å². The quantitative estimate of drug-likeness (QED) is 0.0982. The van der Waals surface area contributed by atoms with Crippen LogP contribution < -0.4 is 9.47 Å². The van der Waals surface area contributed by atoms with E-state index >= 15 is 0 Å². The van der Waals surface area contributed by atoms with E-state index in [1.807, 2.05) is 40.7 Å². The number of carboxylic acid groups (broad SMARTS) is 1. The predicted octanol–water partition coefficient (Wildman–Crippen LogP) is 10.0. The van der Waals surface area contributed by atoms with Gasteiger partial charge < -0.3 is 19.1 Å². The van der Waals surface area contributed by atoms with E-state index in [4.69, 9.17) is 16.3 Å². The number of hydrogen-bond donors (Lipinski definition) is 1. The molecule has 0 bridgehead atoms. The Balaban J connectivity index is 0.00000121. The summed E-state index contributed by atoms with van der Waals surface area (Å²) in [6, 6.07) is 10.2. The second kappa shape index (κ2) is 20.7. The van der Waals surface area contributed by atoms with Gasteiger partial charge in [0, 0.05) is 39.5 Å². The van der Waals surface area contributed by atoms with Crippen LogP contribution in [0.15, 0.2) is 65.7 Å². The highest BCUT2D eigenvalue weighted by Crippen LogP contribution is 2.34. The number of alkyl halides is 3. The van der Waals surface area contributed by atoms with Crippen molar-refractivity contribution in [2.75, 3.05) is 0 Å². The summed E-state index contributed by atoms with van der Waals surface area (Å²) in [5.74, 6) is -1.22. The van der Waals surface area contributed by atoms with Crippen LogP contribution in [0, 0.1) is 19.8 Å². The zero-order valence-electron chi connectivity index (χ0n) is 26.0. The summed E-state index contributed by atoms with van der Waals surface area (Å²) in [5, 5.41) is 10.7. The van der Waals surface area contributed by atoms with Crippen molar-refractivity contribution in [1.29, 1.82) is 0 Å². The van der Waals surface area contributed by atoms with Gasteiger partial charge in [0.1, 0.15) is 11.5 Å². The van der Waals surface area contributed by atoms with Crippen LogP contribution >= 0.6 is 11.6 Å². The Labute approximate surface area is 263 Å². The second-order valence-electron chi connectivity index (χ2n) is 8.85. The van der Waals surface area contributed by atoms with E-state index in [9.17, 15) is 27.9 Å². The Bertz CT molecular complexity index is 1400. The smallest absolute Gasteiger partial charge is 0.479 e. The number of halogens is 4. The minimum Gasteiger partial charge on any atom is -0.479 e. The van der Waals surface area contributed by atoms with E-state index < -0.39 is 24.2 Å². The van der Waals surface area contributed by atoms with E-state index in [0.717, 1.165) is 23.9 Å². The molecule has 1 unspecified atom stereocenters. The van der Waals surface area contributed by atoms with Gasteiger partial charge in [-0.15, -0.1) is 26.0 Å². The van der Waals surface area contributed by atoms with Crippen LogP contribution in [-0.4, -0.2) is 34.4 Å². The number of carbonyl (C=O) groups is 2. The van der Waals surface area contributed by atoms with E-state index in [1.165, 1.54) is 12.1 Å². The Morgan fingerprint density at radius 2 is 1.77 bits per heavy atom. The topological polar surface area (TPSA) is 77.8 Å². The molecule has 0 amide bonds. The molecule has 0 aliphatic rings. The van der Waals surface area contributed by atoms with Crippen molar-refractivity contribution in [3.63, 3.8) is 0 Å². The Hall–Kier alpha value is -4.16. The molecule has 1 atom stereocenters. The molecule has 0 saturated carbocycles. The van der Waals surface area contributed by atoms with Crippen molar-refractivity contribution in [2.45, 2.75) is 79.7 Å². The lowest BCUT2D eigenvalue weighted by molar-refractivity contribution is -0.274. The summed E-state index contributed by atoms with van der Waals surface area (Å²) in [6.45, 7) is 11.4. The Kier molecular flexibility index (Phi) is 18.7.